The molecule has 0 bridgehead atoms. The summed E-state index contributed by atoms with van der Waals surface area (Å²) in [7, 11) is 0. The van der Waals surface area contributed by atoms with Crippen molar-refractivity contribution < 1.29 is 9.53 Å². The van der Waals surface area contributed by atoms with E-state index in [0.29, 0.717) is 0 Å². The lowest BCUT2D eigenvalue weighted by Crippen LogP contribution is -2.32. The van der Waals surface area contributed by atoms with Gasteiger partial charge in [-0.1, -0.05) is 36.4 Å². The number of urea groups is 1. The van der Waals surface area contributed by atoms with Crippen LogP contribution < -0.4 is 10.6 Å². The van der Waals surface area contributed by atoms with Gasteiger partial charge in [-0.3, -0.25) is 4.90 Å². The van der Waals surface area contributed by atoms with Crippen molar-refractivity contribution >= 4 is 17.4 Å². The molecule has 0 spiro atoms. The zero-order chi connectivity index (χ0) is 13.0. The summed E-state index contributed by atoms with van der Waals surface area (Å²) < 4.78 is 5.76. The van der Waals surface area contributed by atoms with E-state index in [9.17, 15) is 4.79 Å². The number of anilines is 2. The minimum Gasteiger partial charge on any atom is -0.359 e. The summed E-state index contributed by atoms with van der Waals surface area (Å²) in [6, 6.07) is 15.0. The zero-order valence-corrected chi connectivity index (χ0v) is 10.1. The first-order chi connectivity index (χ1) is 9.27. The quantitative estimate of drug-likeness (QED) is 0.579. The lowest BCUT2D eigenvalue weighted by molar-refractivity contribution is 0.256. The van der Waals surface area contributed by atoms with Gasteiger partial charge in [0.05, 0.1) is 11.4 Å². The second-order valence-electron chi connectivity index (χ2n) is 4.77. The molecule has 4 rings (SSSR count). The maximum atomic E-state index is 11.9. The van der Waals surface area contributed by atoms with Gasteiger partial charge in [-0.2, -0.15) is 0 Å². The molecule has 2 unspecified atom stereocenters. The number of carbonyl (C=O) groups is 1. The van der Waals surface area contributed by atoms with Crippen LogP contribution in [0, 0.1) is 0 Å². The van der Waals surface area contributed by atoms with Crippen LogP contribution in [0.3, 0.4) is 0 Å². The van der Waals surface area contributed by atoms with Gasteiger partial charge in [0, 0.05) is 11.1 Å². The fraction of sp³-hybridized carbons (Fsp3) is 0.133. The van der Waals surface area contributed by atoms with E-state index in [2.05, 4.69) is 0 Å². The molecule has 4 nitrogen and oxygen atoms in total. The van der Waals surface area contributed by atoms with Gasteiger partial charge < -0.3 is 10.5 Å². The van der Waals surface area contributed by atoms with E-state index in [1.54, 1.807) is 4.90 Å². The molecular formula is C15H12N2O2. The summed E-state index contributed by atoms with van der Waals surface area (Å²) in [6.45, 7) is 0. The Labute approximate surface area is 110 Å². The standard InChI is InChI=1S/C15H12N2O2/c16-15(18)17-11-7-3-1-5-9(11)13-14(19-13)10-6-2-4-8-12(10)17/h1-8,13-14H,(H2,16,18)/i13+1. The monoisotopic (exact) mass is 253 g/mol. The van der Waals surface area contributed by atoms with Crippen molar-refractivity contribution in [3.05, 3.63) is 59.7 Å². The number of nitrogens with two attached hydrogens (primary N) is 1. The third-order valence-corrected chi connectivity index (χ3v) is 3.68. The maximum Gasteiger partial charge on any atom is 0.323 e. The highest BCUT2D eigenvalue weighted by molar-refractivity contribution is 6.00. The first-order valence-electron chi connectivity index (χ1n) is 6.20. The molecule has 0 aromatic heterocycles. The minimum atomic E-state index is -0.471. The molecule has 2 N–H and O–H groups in total. The highest BCUT2D eigenvalue weighted by Crippen LogP contribution is 2.58. The highest BCUT2D eigenvalue weighted by Gasteiger charge is 2.47. The zero-order valence-electron chi connectivity index (χ0n) is 10.1. The van der Waals surface area contributed by atoms with Crippen LogP contribution in [-0.2, 0) is 4.74 Å². The average molecular weight is 253 g/mol. The number of hydrogen-bond acceptors (Lipinski definition) is 2. The number of benzene rings is 2. The molecule has 2 aliphatic heterocycles. The van der Waals surface area contributed by atoms with Crippen molar-refractivity contribution in [2.24, 2.45) is 5.73 Å². The molecule has 2 aromatic carbocycles. The maximum absolute atomic E-state index is 11.9. The van der Waals surface area contributed by atoms with E-state index in [0.717, 1.165) is 22.5 Å². The summed E-state index contributed by atoms with van der Waals surface area (Å²) in [6.07, 6.45) is 0.0587. The smallest absolute Gasteiger partial charge is 0.323 e. The van der Waals surface area contributed by atoms with E-state index in [-0.39, 0.29) is 12.2 Å². The fourth-order valence-electron chi connectivity index (χ4n) is 2.82. The van der Waals surface area contributed by atoms with Crippen LogP contribution in [0.15, 0.2) is 48.5 Å². The molecule has 2 aromatic rings. The van der Waals surface area contributed by atoms with Crippen molar-refractivity contribution in [1.29, 1.82) is 0 Å². The van der Waals surface area contributed by atoms with E-state index in [1.165, 1.54) is 0 Å². The highest BCUT2D eigenvalue weighted by atomic mass is 16.7. The molecule has 0 aliphatic carbocycles. The van der Waals surface area contributed by atoms with Crippen LogP contribution >= 0.6 is 0 Å². The summed E-state index contributed by atoms with van der Waals surface area (Å²) in [4.78, 5) is 13.4. The van der Waals surface area contributed by atoms with E-state index in [4.69, 9.17) is 10.5 Å². The molecule has 2 amide bonds. The number of primary amides is 1. The number of rotatable bonds is 0. The SMILES string of the molecule is NC(=O)N1c2ccccc2C2O[13CH]2c2ccccc21. The van der Waals surface area contributed by atoms with Gasteiger partial charge in [-0.05, 0) is 12.1 Å². The molecule has 4 heteroatoms. The van der Waals surface area contributed by atoms with E-state index in [1.807, 2.05) is 48.5 Å². The predicted octanol–water partition coefficient (Wildman–Crippen LogP) is 3.03. The van der Waals surface area contributed by atoms with Crippen molar-refractivity contribution in [2.45, 2.75) is 12.2 Å². The largest absolute Gasteiger partial charge is 0.359 e. The Hall–Kier alpha value is -2.33. The molecule has 19 heavy (non-hydrogen) atoms. The van der Waals surface area contributed by atoms with Gasteiger partial charge in [0.2, 0.25) is 0 Å². The first-order valence-corrected chi connectivity index (χ1v) is 6.20. The van der Waals surface area contributed by atoms with Gasteiger partial charge in [0.1, 0.15) is 12.2 Å². The Kier molecular flexibility index (Phi) is 2.00. The van der Waals surface area contributed by atoms with Crippen LogP contribution in [0.5, 0.6) is 0 Å². The number of nitrogens with zero attached hydrogens (tertiary/aromatic N) is 1. The number of fused-ring (bicyclic) bond motifs is 5. The Morgan fingerprint density at radius 3 is 1.89 bits per heavy atom. The summed E-state index contributed by atoms with van der Waals surface area (Å²) in [5, 5.41) is 0. The molecule has 2 heterocycles. The number of amides is 2. The van der Waals surface area contributed by atoms with Crippen LogP contribution in [0.25, 0.3) is 0 Å². The van der Waals surface area contributed by atoms with Crippen LogP contribution in [0.4, 0.5) is 16.2 Å². The molecular weight excluding hydrogens is 241 g/mol. The minimum absolute atomic E-state index is 0.0294. The van der Waals surface area contributed by atoms with Gasteiger partial charge in [-0.25, -0.2) is 4.79 Å². The summed E-state index contributed by atoms with van der Waals surface area (Å²) >= 11 is 0. The molecule has 2 atom stereocenters. The van der Waals surface area contributed by atoms with E-state index < -0.39 is 6.03 Å². The third-order valence-electron chi connectivity index (χ3n) is 3.68. The third kappa shape index (κ3) is 1.40. The average Bonchev–Trinajstić information content (AvgIpc) is 3.19. The number of hydrogen-bond donors (Lipinski definition) is 1. The van der Waals surface area contributed by atoms with Crippen molar-refractivity contribution in [2.75, 3.05) is 4.90 Å². The molecule has 0 radical (unpaired) electrons. The lowest BCUT2D eigenvalue weighted by Gasteiger charge is -2.23. The number of epoxide rings is 1. The Balaban J connectivity index is 2.02. The number of ether oxygens (including phenoxy) is 1. The van der Waals surface area contributed by atoms with Crippen molar-refractivity contribution in [1.82, 2.24) is 0 Å². The van der Waals surface area contributed by atoms with Crippen LogP contribution in [-0.4, -0.2) is 6.03 Å². The second-order valence-corrected chi connectivity index (χ2v) is 4.77. The van der Waals surface area contributed by atoms with Crippen LogP contribution in [0.2, 0.25) is 0 Å². The van der Waals surface area contributed by atoms with Crippen LogP contribution in [0.1, 0.15) is 23.3 Å². The van der Waals surface area contributed by atoms with Crippen molar-refractivity contribution in [3.63, 3.8) is 0 Å². The second kappa shape index (κ2) is 3.59. The molecule has 0 saturated carbocycles. The van der Waals surface area contributed by atoms with Gasteiger partial charge >= 0.3 is 6.03 Å². The van der Waals surface area contributed by atoms with Gasteiger partial charge in [0.15, 0.2) is 0 Å². The molecule has 2 aliphatic rings. The number of carbonyl (C=O) groups excluding carboxylic acids is 1. The predicted molar refractivity (Wildman–Crippen MR) is 71.2 cm³/mol. The molecule has 1 saturated heterocycles. The van der Waals surface area contributed by atoms with Crippen molar-refractivity contribution in [3.8, 4) is 0 Å². The number of para-hydroxylation sites is 2. The van der Waals surface area contributed by atoms with Gasteiger partial charge in [-0.15, -0.1) is 0 Å². The summed E-state index contributed by atoms with van der Waals surface area (Å²) in [5.41, 5.74) is 9.23. The Morgan fingerprint density at radius 2 is 1.42 bits per heavy atom. The normalized spacial score (nSPS) is 22.8. The van der Waals surface area contributed by atoms with Gasteiger partial charge in [0.25, 0.3) is 0 Å². The topological polar surface area (TPSA) is 58.9 Å². The Bertz CT molecular complexity index is 632. The Morgan fingerprint density at radius 1 is 0.947 bits per heavy atom. The molecule has 1 fully saturated rings. The summed E-state index contributed by atoms with van der Waals surface area (Å²) in [5.74, 6) is 0. The first kappa shape index (κ1) is 10.6. The van der Waals surface area contributed by atoms with E-state index >= 15 is 0 Å². The fourth-order valence-corrected chi connectivity index (χ4v) is 2.82. The lowest BCUT2D eigenvalue weighted by atomic mass is 10.1. The molecule has 94 valence electrons.